The van der Waals surface area contributed by atoms with Gasteiger partial charge in [-0.2, -0.15) is 0 Å². The first-order valence-electron chi connectivity index (χ1n) is 11.4. The highest BCUT2D eigenvalue weighted by atomic mass is 32.1. The summed E-state index contributed by atoms with van der Waals surface area (Å²) in [5, 5.41) is 14.7. The van der Waals surface area contributed by atoms with Gasteiger partial charge in [-0.1, -0.05) is 48.5 Å². The Labute approximate surface area is 207 Å². The molecule has 1 aliphatic rings. The number of hydrogen-bond acceptors (Lipinski definition) is 6. The quantitative estimate of drug-likeness (QED) is 0.394. The zero-order chi connectivity index (χ0) is 24.8. The topological polar surface area (TPSA) is 118 Å². The average Bonchev–Trinajstić information content (AvgIpc) is 3.47. The molecule has 0 spiro atoms. The number of carboxylic acids is 1. The Bertz CT molecular complexity index is 1150. The highest BCUT2D eigenvalue weighted by Gasteiger charge is 2.29. The molecule has 1 heterocycles. The van der Waals surface area contributed by atoms with Crippen LogP contribution in [0.15, 0.2) is 60.2 Å². The molecule has 0 saturated heterocycles. The van der Waals surface area contributed by atoms with E-state index in [0.717, 1.165) is 27.1 Å². The van der Waals surface area contributed by atoms with Crippen molar-refractivity contribution >= 4 is 29.3 Å². The van der Waals surface area contributed by atoms with Crippen LogP contribution in [0.1, 0.15) is 41.7 Å². The molecule has 0 aliphatic heterocycles. The van der Waals surface area contributed by atoms with E-state index in [2.05, 4.69) is 39.9 Å². The average molecular weight is 494 g/mol. The minimum Gasteiger partial charge on any atom is -0.480 e. The lowest BCUT2D eigenvalue weighted by Gasteiger charge is -2.18. The van der Waals surface area contributed by atoms with Gasteiger partial charge in [-0.15, -0.1) is 11.3 Å². The fourth-order valence-corrected chi connectivity index (χ4v) is 4.91. The van der Waals surface area contributed by atoms with Crippen molar-refractivity contribution in [2.24, 2.45) is 0 Å². The second kappa shape index (κ2) is 11.1. The van der Waals surface area contributed by atoms with Gasteiger partial charge in [0, 0.05) is 35.9 Å². The van der Waals surface area contributed by atoms with Gasteiger partial charge in [0.1, 0.15) is 12.6 Å². The van der Waals surface area contributed by atoms with Crippen LogP contribution < -0.4 is 10.6 Å². The van der Waals surface area contributed by atoms with Crippen LogP contribution in [-0.2, 0) is 20.7 Å². The van der Waals surface area contributed by atoms with E-state index in [1.54, 1.807) is 18.6 Å². The van der Waals surface area contributed by atoms with Gasteiger partial charge >= 0.3 is 12.1 Å². The third-order valence-corrected chi connectivity index (χ3v) is 6.84. The molecule has 3 N–H and O–H groups in total. The number of alkyl carbamates (subject to hydrolysis) is 1. The van der Waals surface area contributed by atoms with Crippen molar-refractivity contribution < 1.29 is 24.2 Å². The SMILES string of the molecule is CC(CCC(=O)NC(Cc1cncs1)C(=O)O)NC(=O)OCC1c2ccccc2-c2ccccc21. The maximum Gasteiger partial charge on any atom is 0.407 e. The first-order valence-corrected chi connectivity index (χ1v) is 12.3. The van der Waals surface area contributed by atoms with E-state index in [1.807, 2.05) is 24.3 Å². The molecule has 3 aromatic rings. The van der Waals surface area contributed by atoms with Gasteiger partial charge < -0.3 is 20.5 Å². The summed E-state index contributed by atoms with van der Waals surface area (Å²) in [5.74, 6) is -1.51. The van der Waals surface area contributed by atoms with Gasteiger partial charge in [0.2, 0.25) is 5.91 Å². The Kier molecular flexibility index (Phi) is 7.77. The summed E-state index contributed by atoms with van der Waals surface area (Å²) in [5.41, 5.74) is 6.21. The number of thiazole rings is 1. The van der Waals surface area contributed by atoms with Crippen LogP contribution in [0.25, 0.3) is 11.1 Å². The summed E-state index contributed by atoms with van der Waals surface area (Å²) in [6, 6.07) is 14.9. The van der Waals surface area contributed by atoms with Gasteiger partial charge in [-0.05, 0) is 35.6 Å². The number of amides is 2. The summed E-state index contributed by atoms with van der Waals surface area (Å²) in [6.07, 6.45) is 1.65. The molecule has 0 bridgehead atoms. The Morgan fingerprint density at radius 2 is 1.71 bits per heavy atom. The third-order valence-electron chi connectivity index (χ3n) is 6.03. The second-order valence-corrected chi connectivity index (χ2v) is 9.51. The molecule has 182 valence electrons. The van der Waals surface area contributed by atoms with E-state index in [1.165, 1.54) is 11.3 Å². The summed E-state index contributed by atoms with van der Waals surface area (Å²) < 4.78 is 5.54. The molecule has 1 aliphatic carbocycles. The highest BCUT2D eigenvalue weighted by molar-refractivity contribution is 7.09. The van der Waals surface area contributed by atoms with Crippen molar-refractivity contribution in [3.8, 4) is 11.1 Å². The zero-order valence-corrected chi connectivity index (χ0v) is 20.1. The minimum atomic E-state index is -1.10. The summed E-state index contributed by atoms with van der Waals surface area (Å²) in [7, 11) is 0. The molecule has 1 aromatic heterocycles. The van der Waals surface area contributed by atoms with Crippen LogP contribution in [-0.4, -0.2) is 46.8 Å². The molecule has 8 nitrogen and oxygen atoms in total. The molecule has 2 atom stereocenters. The monoisotopic (exact) mass is 493 g/mol. The zero-order valence-electron chi connectivity index (χ0n) is 19.3. The Balaban J connectivity index is 1.23. The maximum absolute atomic E-state index is 12.4. The van der Waals surface area contributed by atoms with Crippen molar-refractivity contribution in [2.45, 2.75) is 44.2 Å². The molecule has 4 rings (SSSR count). The number of nitrogens with one attached hydrogen (secondary N) is 2. The predicted molar refractivity (Wildman–Crippen MR) is 132 cm³/mol. The molecule has 9 heteroatoms. The molecular formula is C26H27N3O5S. The number of hydrogen-bond donors (Lipinski definition) is 3. The van der Waals surface area contributed by atoms with Crippen LogP contribution in [0.2, 0.25) is 0 Å². The van der Waals surface area contributed by atoms with Crippen LogP contribution in [0.3, 0.4) is 0 Å². The van der Waals surface area contributed by atoms with Crippen molar-refractivity contribution in [2.75, 3.05) is 6.61 Å². The van der Waals surface area contributed by atoms with Crippen molar-refractivity contribution in [3.63, 3.8) is 0 Å². The molecule has 0 saturated carbocycles. The number of aliphatic carboxylic acids is 1. The Hall–Kier alpha value is -3.72. The van der Waals surface area contributed by atoms with Crippen molar-refractivity contribution in [1.29, 1.82) is 0 Å². The number of aromatic nitrogens is 1. The molecule has 35 heavy (non-hydrogen) atoms. The van der Waals surface area contributed by atoms with Gasteiger partial charge in [-0.25, -0.2) is 9.59 Å². The van der Waals surface area contributed by atoms with Crippen molar-refractivity contribution in [3.05, 3.63) is 76.2 Å². The van der Waals surface area contributed by atoms with E-state index in [0.29, 0.717) is 6.42 Å². The van der Waals surface area contributed by atoms with E-state index >= 15 is 0 Å². The van der Waals surface area contributed by atoms with Gasteiger partial charge in [0.25, 0.3) is 0 Å². The van der Waals surface area contributed by atoms with E-state index in [-0.39, 0.29) is 37.3 Å². The van der Waals surface area contributed by atoms with Gasteiger partial charge in [-0.3, -0.25) is 9.78 Å². The van der Waals surface area contributed by atoms with Crippen LogP contribution in [0.4, 0.5) is 4.79 Å². The second-order valence-electron chi connectivity index (χ2n) is 8.54. The van der Waals surface area contributed by atoms with Crippen molar-refractivity contribution in [1.82, 2.24) is 15.6 Å². The largest absolute Gasteiger partial charge is 0.480 e. The number of ether oxygens (including phenoxy) is 1. The number of rotatable bonds is 10. The number of carbonyl (C=O) groups is 3. The molecule has 2 aromatic carbocycles. The number of nitrogens with zero attached hydrogens (tertiary/aromatic N) is 1. The first kappa shape index (κ1) is 24.4. The Morgan fingerprint density at radius 1 is 1.06 bits per heavy atom. The van der Waals surface area contributed by atoms with Crippen LogP contribution >= 0.6 is 11.3 Å². The van der Waals surface area contributed by atoms with Gasteiger partial charge in [0.05, 0.1) is 5.51 Å². The summed E-state index contributed by atoms with van der Waals surface area (Å²) in [4.78, 5) is 40.9. The standard InChI is InChI=1S/C26H27N3O5S/c1-16(10-11-24(30)29-23(25(31)32)12-17-13-27-15-35-17)28-26(33)34-14-22-20-8-4-2-6-18(20)19-7-3-5-9-21(19)22/h2-9,13,15-16,22-23H,10-12,14H2,1H3,(H,28,33)(H,29,30)(H,31,32). The molecule has 2 unspecified atom stereocenters. The predicted octanol–water partition coefficient (Wildman–Crippen LogP) is 3.96. The minimum absolute atomic E-state index is 0.0271. The number of fused-ring (bicyclic) bond motifs is 3. The number of carboxylic acid groups (broad SMARTS) is 1. The number of carbonyl (C=O) groups excluding carboxylic acids is 2. The Morgan fingerprint density at radius 3 is 2.31 bits per heavy atom. The van der Waals surface area contributed by atoms with Crippen LogP contribution in [0, 0.1) is 0 Å². The first-order chi connectivity index (χ1) is 16.9. The van der Waals surface area contributed by atoms with Gasteiger partial charge in [0.15, 0.2) is 0 Å². The summed E-state index contributed by atoms with van der Waals surface area (Å²) >= 11 is 1.34. The molecule has 0 radical (unpaired) electrons. The lowest BCUT2D eigenvalue weighted by molar-refractivity contribution is -0.141. The maximum atomic E-state index is 12.4. The van der Waals surface area contributed by atoms with Crippen LogP contribution in [0.5, 0.6) is 0 Å². The fourth-order valence-electron chi connectivity index (χ4n) is 4.27. The highest BCUT2D eigenvalue weighted by Crippen LogP contribution is 2.44. The van der Waals surface area contributed by atoms with E-state index in [9.17, 15) is 19.5 Å². The summed E-state index contributed by atoms with van der Waals surface area (Å²) in [6.45, 7) is 1.99. The molecular weight excluding hydrogens is 466 g/mol. The van der Waals surface area contributed by atoms with E-state index < -0.39 is 18.1 Å². The normalized spacial score (nSPS) is 13.9. The molecule has 0 fully saturated rings. The fraction of sp³-hybridized carbons (Fsp3) is 0.308. The number of benzene rings is 2. The molecule has 2 amide bonds. The lowest BCUT2D eigenvalue weighted by Crippen LogP contribution is -2.43. The lowest BCUT2D eigenvalue weighted by atomic mass is 9.98. The smallest absolute Gasteiger partial charge is 0.407 e. The van der Waals surface area contributed by atoms with E-state index in [4.69, 9.17) is 4.74 Å². The third kappa shape index (κ3) is 6.05.